The van der Waals surface area contributed by atoms with Gasteiger partial charge in [0.1, 0.15) is 5.82 Å². The van der Waals surface area contributed by atoms with E-state index in [2.05, 4.69) is 4.98 Å². The number of nitrogens with two attached hydrogens (primary N) is 1. The molecular formula is C14H9F7N2. The molecular weight excluding hydrogens is 329 g/mol. The predicted octanol–water partition coefficient (Wildman–Crippen LogP) is 4.31. The van der Waals surface area contributed by atoms with Crippen LogP contribution in [0, 0.1) is 5.82 Å². The smallest absolute Gasteiger partial charge is 0.319 e. The molecule has 0 amide bonds. The van der Waals surface area contributed by atoms with Gasteiger partial charge >= 0.3 is 12.4 Å². The lowest BCUT2D eigenvalue weighted by Crippen LogP contribution is -2.21. The first-order valence-electron chi connectivity index (χ1n) is 6.16. The minimum atomic E-state index is -4.99. The number of hydrogen-bond donors (Lipinski definition) is 1. The van der Waals surface area contributed by atoms with Crippen molar-refractivity contribution in [2.24, 2.45) is 5.73 Å². The van der Waals surface area contributed by atoms with E-state index in [9.17, 15) is 30.7 Å². The fourth-order valence-corrected chi connectivity index (χ4v) is 2.02. The van der Waals surface area contributed by atoms with Crippen LogP contribution in [0.1, 0.15) is 28.4 Å². The van der Waals surface area contributed by atoms with Crippen molar-refractivity contribution in [1.82, 2.24) is 4.98 Å². The SMILES string of the molecule is NC(c1ccc(F)c(C(F)(F)F)c1)c1ncccc1C(F)(F)F. The average molecular weight is 338 g/mol. The Hall–Kier alpha value is -2.16. The maximum Gasteiger partial charge on any atom is 0.419 e. The zero-order valence-corrected chi connectivity index (χ0v) is 11.2. The lowest BCUT2D eigenvalue weighted by molar-refractivity contribution is -0.140. The Morgan fingerprint density at radius 2 is 1.52 bits per heavy atom. The second kappa shape index (κ2) is 5.80. The van der Waals surface area contributed by atoms with E-state index in [1.54, 1.807) is 0 Å². The minimum absolute atomic E-state index is 0.331. The van der Waals surface area contributed by atoms with Crippen molar-refractivity contribution in [3.8, 4) is 0 Å². The van der Waals surface area contributed by atoms with E-state index < -0.39 is 41.0 Å². The van der Waals surface area contributed by atoms with Crippen LogP contribution < -0.4 is 5.73 Å². The number of nitrogens with zero attached hydrogens (tertiary/aromatic N) is 1. The molecule has 124 valence electrons. The normalized spacial score (nSPS) is 13.9. The van der Waals surface area contributed by atoms with Crippen LogP contribution in [0.4, 0.5) is 30.7 Å². The topological polar surface area (TPSA) is 38.9 Å². The van der Waals surface area contributed by atoms with Gasteiger partial charge in [-0.05, 0) is 29.8 Å². The molecule has 0 saturated heterocycles. The highest BCUT2D eigenvalue weighted by atomic mass is 19.4. The maximum absolute atomic E-state index is 13.2. The first kappa shape index (κ1) is 17.2. The zero-order chi connectivity index (χ0) is 17.4. The number of halogens is 7. The van der Waals surface area contributed by atoms with Gasteiger partial charge in [-0.25, -0.2) is 4.39 Å². The van der Waals surface area contributed by atoms with Crippen molar-refractivity contribution in [3.05, 3.63) is 64.7 Å². The molecule has 0 aliphatic rings. The molecule has 0 aliphatic carbocycles. The Morgan fingerprint density at radius 3 is 2.09 bits per heavy atom. The number of alkyl halides is 6. The second-order valence-electron chi connectivity index (χ2n) is 4.65. The number of aromatic nitrogens is 1. The molecule has 2 rings (SSSR count). The fourth-order valence-electron chi connectivity index (χ4n) is 2.02. The van der Waals surface area contributed by atoms with Gasteiger partial charge in [0.15, 0.2) is 0 Å². The van der Waals surface area contributed by atoms with Crippen molar-refractivity contribution in [2.75, 3.05) is 0 Å². The van der Waals surface area contributed by atoms with Gasteiger partial charge in [-0.15, -0.1) is 0 Å². The standard InChI is InChI=1S/C14H9F7N2/c15-10-4-3-7(6-9(10)14(19,20)21)11(22)12-8(13(16,17)18)2-1-5-23-12/h1-6,11H,22H2. The van der Waals surface area contributed by atoms with Gasteiger partial charge in [-0.1, -0.05) is 6.07 Å². The highest BCUT2D eigenvalue weighted by Gasteiger charge is 2.37. The third kappa shape index (κ3) is 3.61. The summed E-state index contributed by atoms with van der Waals surface area (Å²) in [5.74, 6) is -1.54. The van der Waals surface area contributed by atoms with Gasteiger partial charge < -0.3 is 5.73 Å². The Morgan fingerprint density at radius 1 is 0.913 bits per heavy atom. The lowest BCUT2D eigenvalue weighted by atomic mass is 9.98. The van der Waals surface area contributed by atoms with Crippen LogP contribution in [0.3, 0.4) is 0 Å². The molecule has 23 heavy (non-hydrogen) atoms. The van der Waals surface area contributed by atoms with Crippen molar-refractivity contribution >= 4 is 0 Å². The molecule has 0 fully saturated rings. The summed E-state index contributed by atoms with van der Waals surface area (Å²) < 4.78 is 90.1. The van der Waals surface area contributed by atoms with Gasteiger partial charge in [0.2, 0.25) is 0 Å². The van der Waals surface area contributed by atoms with Crippen LogP contribution in [-0.4, -0.2) is 4.98 Å². The minimum Gasteiger partial charge on any atom is -0.319 e. The Bertz CT molecular complexity index is 707. The first-order chi connectivity index (χ1) is 10.5. The van der Waals surface area contributed by atoms with E-state index >= 15 is 0 Å². The molecule has 1 aromatic carbocycles. The number of rotatable bonds is 2. The monoisotopic (exact) mass is 338 g/mol. The third-order valence-electron chi connectivity index (χ3n) is 3.09. The summed E-state index contributed by atoms with van der Waals surface area (Å²) in [7, 11) is 0. The van der Waals surface area contributed by atoms with Crippen molar-refractivity contribution in [1.29, 1.82) is 0 Å². The fraction of sp³-hybridized carbons (Fsp3) is 0.214. The van der Waals surface area contributed by atoms with E-state index in [4.69, 9.17) is 5.73 Å². The van der Waals surface area contributed by atoms with Gasteiger partial charge in [-0.2, -0.15) is 26.3 Å². The highest BCUT2D eigenvalue weighted by Crippen LogP contribution is 2.37. The summed E-state index contributed by atoms with van der Waals surface area (Å²) in [6.07, 6.45) is -8.72. The summed E-state index contributed by atoms with van der Waals surface area (Å²) >= 11 is 0. The number of pyridine rings is 1. The Labute approximate surface area is 125 Å². The summed E-state index contributed by atoms with van der Waals surface area (Å²) in [4.78, 5) is 3.52. The van der Waals surface area contributed by atoms with Crippen LogP contribution >= 0.6 is 0 Å². The number of benzene rings is 1. The van der Waals surface area contributed by atoms with Gasteiger partial charge in [0.05, 0.1) is 22.9 Å². The van der Waals surface area contributed by atoms with Crippen LogP contribution in [0.15, 0.2) is 36.5 Å². The van der Waals surface area contributed by atoms with E-state index in [1.165, 1.54) is 0 Å². The zero-order valence-electron chi connectivity index (χ0n) is 11.2. The van der Waals surface area contributed by atoms with Gasteiger partial charge in [0, 0.05) is 6.20 Å². The van der Waals surface area contributed by atoms with E-state index in [-0.39, 0.29) is 5.56 Å². The molecule has 2 aromatic rings. The summed E-state index contributed by atoms with van der Waals surface area (Å²) in [6.45, 7) is 0. The summed E-state index contributed by atoms with van der Waals surface area (Å²) in [6, 6.07) is 1.95. The quantitative estimate of drug-likeness (QED) is 0.829. The van der Waals surface area contributed by atoms with Crippen molar-refractivity contribution < 1.29 is 30.7 Å². The van der Waals surface area contributed by atoms with Crippen LogP contribution in [0.5, 0.6) is 0 Å². The molecule has 0 aliphatic heterocycles. The largest absolute Gasteiger partial charge is 0.419 e. The summed E-state index contributed by atoms with van der Waals surface area (Å²) in [5.41, 5.74) is 1.89. The molecule has 1 heterocycles. The molecule has 1 atom stereocenters. The van der Waals surface area contributed by atoms with Crippen LogP contribution in [-0.2, 0) is 12.4 Å². The third-order valence-corrected chi connectivity index (χ3v) is 3.09. The summed E-state index contributed by atoms with van der Waals surface area (Å²) in [5, 5.41) is 0. The molecule has 0 bridgehead atoms. The first-order valence-corrected chi connectivity index (χ1v) is 6.16. The number of hydrogen-bond acceptors (Lipinski definition) is 2. The molecule has 2 nitrogen and oxygen atoms in total. The molecule has 1 aromatic heterocycles. The lowest BCUT2D eigenvalue weighted by Gasteiger charge is -2.18. The van der Waals surface area contributed by atoms with Crippen LogP contribution in [0.25, 0.3) is 0 Å². The molecule has 0 saturated carbocycles. The van der Waals surface area contributed by atoms with Crippen LogP contribution in [0.2, 0.25) is 0 Å². The highest BCUT2D eigenvalue weighted by molar-refractivity contribution is 5.37. The Kier molecular flexibility index (Phi) is 4.34. The predicted molar refractivity (Wildman–Crippen MR) is 66.7 cm³/mol. The van der Waals surface area contributed by atoms with Crippen molar-refractivity contribution in [2.45, 2.75) is 18.4 Å². The van der Waals surface area contributed by atoms with Crippen molar-refractivity contribution in [3.63, 3.8) is 0 Å². The molecule has 9 heteroatoms. The molecule has 2 N–H and O–H groups in total. The Balaban J connectivity index is 2.53. The van der Waals surface area contributed by atoms with E-state index in [0.717, 1.165) is 24.4 Å². The molecule has 0 radical (unpaired) electrons. The van der Waals surface area contributed by atoms with E-state index in [0.29, 0.717) is 12.1 Å². The molecule has 0 spiro atoms. The van der Waals surface area contributed by atoms with E-state index in [1.807, 2.05) is 0 Å². The van der Waals surface area contributed by atoms with Gasteiger partial charge in [0.25, 0.3) is 0 Å². The average Bonchev–Trinajstić information content (AvgIpc) is 2.45. The maximum atomic E-state index is 13.2. The molecule has 1 unspecified atom stereocenters. The second-order valence-corrected chi connectivity index (χ2v) is 4.65. The van der Waals surface area contributed by atoms with Gasteiger partial charge in [-0.3, -0.25) is 4.98 Å².